The van der Waals surface area contributed by atoms with Crippen molar-refractivity contribution < 1.29 is 32.2 Å². The quantitative estimate of drug-likeness (QED) is 0.635. The van der Waals surface area contributed by atoms with Gasteiger partial charge in [-0.2, -0.15) is 0 Å². The van der Waals surface area contributed by atoms with Gasteiger partial charge >= 0.3 is 0 Å². The van der Waals surface area contributed by atoms with Crippen LogP contribution in [0.25, 0.3) is 0 Å². The van der Waals surface area contributed by atoms with Gasteiger partial charge in [0.15, 0.2) is 11.5 Å². The lowest BCUT2D eigenvalue weighted by Crippen LogP contribution is -2.41. The SMILES string of the molecule is COc1cc2c(cc1OC)S(=O)(=O)N(CC(=O)NCCOc1ccccc1)C2=O. The maximum absolute atomic E-state index is 12.7. The van der Waals surface area contributed by atoms with E-state index in [1.807, 2.05) is 18.2 Å². The minimum Gasteiger partial charge on any atom is -0.493 e. The van der Waals surface area contributed by atoms with Gasteiger partial charge < -0.3 is 19.5 Å². The molecule has 1 N–H and O–H groups in total. The first-order valence-corrected chi connectivity index (χ1v) is 10.1. The Morgan fingerprint density at radius 3 is 2.38 bits per heavy atom. The fourth-order valence-corrected chi connectivity index (χ4v) is 4.34. The first-order chi connectivity index (χ1) is 13.9. The predicted molar refractivity (Wildman–Crippen MR) is 103 cm³/mol. The molecule has 0 saturated heterocycles. The zero-order valence-corrected chi connectivity index (χ0v) is 16.7. The second-order valence-electron chi connectivity index (χ2n) is 6.03. The Balaban J connectivity index is 1.64. The minimum atomic E-state index is -4.17. The van der Waals surface area contributed by atoms with E-state index in [0.29, 0.717) is 10.1 Å². The van der Waals surface area contributed by atoms with Gasteiger partial charge in [-0.1, -0.05) is 18.2 Å². The monoisotopic (exact) mass is 420 g/mol. The Bertz CT molecular complexity index is 1020. The normalized spacial score (nSPS) is 14.3. The molecule has 0 atom stereocenters. The number of carbonyl (C=O) groups is 2. The number of fused-ring (bicyclic) bond motifs is 1. The highest BCUT2D eigenvalue weighted by molar-refractivity contribution is 7.90. The third-order valence-electron chi connectivity index (χ3n) is 4.23. The number of benzene rings is 2. The number of nitrogens with one attached hydrogen (secondary N) is 1. The van der Waals surface area contributed by atoms with Crippen LogP contribution < -0.4 is 19.5 Å². The largest absolute Gasteiger partial charge is 0.493 e. The Morgan fingerprint density at radius 2 is 1.72 bits per heavy atom. The van der Waals surface area contributed by atoms with Crippen molar-refractivity contribution in [2.75, 3.05) is 33.9 Å². The van der Waals surface area contributed by atoms with Crippen molar-refractivity contribution in [3.63, 3.8) is 0 Å². The summed E-state index contributed by atoms with van der Waals surface area (Å²) < 4.78 is 41.6. The van der Waals surface area contributed by atoms with Gasteiger partial charge in [0.25, 0.3) is 15.9 Å². The third kappa shape index (κ3) is 4.11. The Labute approximate surface area is 168 Å². The summed E-state index contributed by atoms with van der Waals surface area (Å²) in [7, 11) is -1.43. The molecule has 2 amide bonds. The van der Waals surface area contributed by atoms with Gasteiger partial charge in [-0.3, -0.25) is 9.59 Å². The highest BCUT2D eigenvalue weighted by Crippen LogP contribution is 2.38. The number of hydrogen-bond donors (Lipinski definition) is 1. The average molecular weight is 420 g/mol. The number of hydrogen-bond acceptors (Lipinski definition) is 7. The standard InChI is InChI=1S/C19H20N2O7S/c1-26-15-10-14-17(11-16(15)27-2)29(24,25)21(19(14)23)12-18(22)20-8-9-28-13-6-4-3-5-7-13/h3-7,10-11H,8-9,12H2,1-2H3,(H,20,22). The van der Waals surface area contributed by atoms with Crippen molar-refractivity contribution in [3.05, 3.63) is 48.0 Å². The summed E-state index contributed by atoms with van der Waals surface area (Å²) >= 11 is 0. The summed E-state index contributed by atoms with van der Waals surface area (Å²) in [5, 5.41) is 2.54. The smallest absolute Gasteiger partial charge is 0.269 e. The number of amides is 2. The van der Waals surface area contributed by atoms with Crippen molar-refractivity contribution in [2.24, 2.45) is 0 Å². The molecule has 0 fully saturated rings. The molecule has 0 radical (unpaired) electrons. The minimum absolute atomic E-state index is 0.0668. The molecule has 0 unspecified atom stereocenters. The summed E-state index contributed by atoms with van der Waals surface area (Å²) in [6.07, 6.45) is 0. The van der Waals surface area contributed by atoms with Crippen LogP contribution in [0.1, 0.15) is 10.4 Å². The number of methoxy groups -OCH3 is 2. The van der Waals surface area contributed by atoms with Crippen molar-refractivity contribution in [3.8, 4) is 17.2 Å². The summed E-state index contributed by atoms with van der Waals surface area (Å²) in [5.41, 5.74) is -0.0668. The number of carbonyl (C=O) groups excluding carboxylic acids is 2. The Hall–Kier alpha value is -3.27. The van der Waals surface area contributed by atoms with E-state index in [9.17, 15) is 18.0 Å². The van der Waals surface area contributed by atoms with Crippen molar-refractivity contribution in [2.45, 2.75) is 4.90 Å². The van der Waals surface area contributed by atoms with E-state index in [-0.39, 0.29) is 35.1 Å². The van der Waals surface area contributed by atoms with E-state index >= 15 is 0 Å². The Kier molecular flexibility index (Phi) is 5.92. The number of sulfonamides is 1. The van der Waals surface area contributed by atoms with Gasteiger partial charge in [0, 0.05) is 6.07 Å². The lowest BCUT2D eigenvalue weighted by atomic mass is 10.2. The molecule has 9 nitrogen and oxygen atoms in total. The Morgan fingerprint density at radius 1 is 1.07 bits per heavy atom. The second-order valence-corrected chi connectivity index (χ2v) is 7.86. The highest BCUT2D eigenvalue weighted by Gasteiger charge is 2.43. The van der Waals surface area contributed by atoms with Crippen molar-refractivity contribution >= 4 is 21.8 Å². The van der Waals surface area contributed by atoms with Crippen LogP contribution in [0.5, 0.6) is 17.2 Å². The van der Waals surface area contributed by atoms with Gasteiger partial charge in [-0.15, -0.1) is 0 Å². The van der Waals surface area contributed by atoms with Crippen LogP contribution in [0.3, 0.4) is 0 Å². The molecule has 0 bridgehead atoms. The molecule has 0 aromatic heterocycles. The molecule has 0 aliphatic carbocycles. The molecule has 2 aromatic carbocycles. The number of rotatable bonds is 8. The highest BCUT2D eigenvalue weighted by atomic mass is 32.2. The molecule has 0 spiro atoms. The van der Waals surface area contributed by atoms with Crippen LogP contribution in [0, 0.1) is 0 Å². The lowest BCUT2D eigenvalue weighted by Gasteiger charge is -2.15. The van der Waals surface area contributed by atoms with Crippen molar-refractivity contribution in [1.82, 2.24) is 9.62 Å². The maximum Gasteiger partial charge on any atom is 0.269 e. The average Bonchev–Trinajstić information content (AvgIpc) is 2.91. The van der Waals surface area contributed by atoms with E-state index < -0.39 is 28.4 Å². The topological polar surface area (TPSA) is 111 Å². The van der Waals surface area contributed by atoms with Crippen LogP contribution in [-0.4, -0.2) is 58.5 Å². The zero-order chi connectivity index (χ0) is 21.0. The van der Waals surface area contributed by atoms with Gasteiger partial charge in [0.05, 0.1) is 26.3 Å². The van der Waals surface area contributed by atoms with Gasteiger partial charge in [0.1, 0.15) is 23.8 Å². The molecule has 29 heavy (non-hydrogen) atoms. The summed E-state index contributed by atoms with van der Waals surface area (Å²) in [4.78, 5) is 24.5. The van der Waals surface area contributed by atoms with E-state index in [1.165, 1.54) is 26.4 Å². The van der Waals surface area contributed by atoms with E-state index in [1.54, 1.807) is 12.1 Å². The molecule has 1 heterocycles. The summed E-state index contributed by atoms with van der Waals surface area (Å²) in [6.45, 7) is -0.277. The summed E-state index contributed by atoms with van der Waals surface area (Å²) in [5.74, 6) is -0.370. The van der Waals surface area contributed by atoms with Crippen LogP contribution in [0.4, 0.5) is 0 Å². The predicted octanol–water partition coefficient (Wildman–Crippen LogP) is 1.04. The number of ether oxygens (including phenoxy) is 3. The van der Waals surface area contributed by atoms with E-state index in [2.05, 4.69) is 5.32 Å². The fraction of sp³-hybridized carbons (Fsp3) is 0.263. The number of para-hydroxylation sites is 1. The van der Waals surface area contributed by atoms with E-state index in [0.717, 1.165) is 0 Å². The van der Waals surface area contributed by atoms with Crippen LogP contribution >= 0.6 is 0 Å². The van der Waals surface area contributed by atoms with Gasteiger partial charge in [-0.25, -0.2) is 12.7 Å². The molecule has 10 heteroatoms. The van der Waals surface area contributed by atoms with Crippen LogP contribution in [-0.2, 0) is 14.8 Å². The maximum atomic E-state index is 12.7. The van der Waals surface area contributed by atoms with Gasteiger partial charge in [0.2, 0.25) is 5.91 Å². The second kappa shape index (κ2) is 8.39. The van der Waals surface area contributed by atoms with Crippen LogP contribution in [0.15, 0.2) is 47.4 Å². The third-order valence-corrected chi connectivity index (χ3v) is 6.00. The molecule has 3 rings (SSSR count). The van der Waals surface area contributed by atoms with Crippen LogP contribution in [0.2, 0.25) is 0 Å². The molecule has 154 valence electrons. The molecule has 1 aliphatic heterocycles. The lowest BCUT2D eigenvalue weighted by molar-refractivity contribution is -0.121. The number of nitrogens with zero attached hydrogens (tertiary/aromatic N) is 1. The molecule has 1 aliphatic rings. The van der Waals surface area contributed by atoms with E-state index in [4.69, 9.17) is 14.2 Å². The molecule has 0 saturated carbocycles. The fourth-order valence-electron chi connectivity index (χ4n) is 2.82. The zero-order valence-electron chi connectivity index (χ0n) is 15.9. The van der Waals surface area contributed by atoms with Crippen molar-refractivity contribution in [1.29, 1.82) is 0 Å². The molecular formula is C19H20N2O7S. The molecular weight excluding hydrogens is 400 g/mol. The first-order valence-electron chi connectivity index (χ1n) is 8.66. The first kappa shape index (κ1) is 20.5. The van der Waals surface area contributed by atoms with Gasteiger partial charge in [-0.05, 0) is 18.2 Å². The molecule has 2 aromatic rings. The summed E-state index contributed by atoms with van der Waals surface area (Å²) in [6, 6.07) is 11.5.